The van der Waals surface area contributed by atoms with E-state index in [9.17, 15) is 4.79 Å². The minimum absolute atomic E-state index is 0.172. The lowest BCUT2D eigenvalue weighted by Gasteiger charge is -2.20. The number of ether oxygens (including phenoxy) is 2. The predicted octanol–water partition coefficient (Wildman–Crippen LogP) is 5.45. The SMILES string of the molecule is COc1ccc(-c2cc(CN(Cc3ccco3)C(=O)c3ccc(Cl)cc3)no2)cc1OC. The molecule has 0 atom stereocenters. The van der Waals surface area contributed by atoms with E-state index < -0.39 is 0 Å². The van der Waals surface area contributed by atoms with E-state index in [1.807, 2.05) is 18.2 Å². The van der Waals surface area contributed by atoms with E-state index in [4.69, 9.17) is 30.0 Å². The van der Waals surface area contributed by atoms with Crippen LogP contribution in [-0.4, -0.2) is 30.2 Å². The number of hydrogen-bond donors (Lipinski definition) is 0. The third kappa shape index (κ3) is 4.78. The Kier molecular flexibility index (Phi) is 6.47. The molecule has 0 bridgehead atoms. The van der Waals surface area contributed by atoms with Crippen molar-refractivity contribution in [3.63, 3.8) is 0 Å². The molecule has 8 heteroatoms. The number of amides is 1. The van der Waals surface area contributed by atoms with E-state index in [1.165, 1.54) is 0 Å². The normalized spacial score (nSPS) is 10.7. The molecule has 4 rings (SSSR count). The quantitative estimate of drug-likeness (QED) is 0.354. The van der Waals surface area contributed by atoms with Crippen LogP contribution < -0.4 is 9.47 Å². The van der Waals surface area contributed by atoms with Crippen molar-refractivity contribution in [2.45, 2.75) is 13.1 Å². The highest BCUT2D eigenvalue weighted by Crippen LogP contribution is 2.32. The average molecular weight is 453 g/mol. The molecule has 0 unspecified atom stereocenters. The summed E-state index contributed by atoms with van der Waals surface area (Å²) < 4.78 is 21.6. The number of methoxy groups -OCH3 is 2. The zero-order chi connectivity index (χ0) is 22.5. The van der Waals surface area contributed by atoms with Crippen LogP contribution in [-0.2, 0) is 13.1 Å². The number of furan rings is 1. The van der Waals surface area contributed by atoms with Gasteiger partial charge in [0.1, 0.15) is 11.5 Å². The zero-order valence-corrected chi connectivity index (χ0v) is 18.3. The molecule has 0 spiro atoms. The molecule has 0 radical (unpaired) electrons. The van der Waals surface area contributed by atoms with Gasteiger partial charge in [0.05, 0.1) is 33.6 Å². The van der Waals surface area contributed by atoms with Crippen molar-refractivity contribution in [3.05, 3.63) is 89.0 Å². The van der Waals surface area contributed by atoms with Crippen LogP contribution in [0.15, 0.2) is 75.9 Å². The Morgan fingerprint density at radius 1 is 1.00 bits per heavy atom. The molecule has 2 aromatic carbocycles. The monoisotopic (exact) mass is 452 g/mol. The van der Waals surface area contributed by atoms with Gasteiger partial charge in [-0.2, -0.15) is 0 Å². The highest BCUT2D eigenvalue weighted by atomic mass is 35.5. The van der Waals surface area contributed by atoms with Crippen LogP contribution in [0.3, 0.4) is 0 Å². The Labute approximate surface area is 190 Å². The van der Waals surface area contributed by atoms with Gasteiger partial charge in [0.15, 0.2) is 17.3 Å². The second kappa shape index (κ2) is 9.62. The molecule has 7 nitrogen and oxygen atoms in total. The molecule has 164 valence electrons. The first kappa shape index (κ1) is 21.5. The first-order chi connectivity index (χ1) is 15.6. The number of carbonyl (C=O) groups is 1. The van der Waals surface area contributed by atoms with Crippen LogP contribution in [0.25, 0.3) is 11.3 Å². The van der Waals surface area contributed by atoms with Crippen LogP contribution in [0.2, 0.25) is 5.02 Å². The van der Waals surface area contributed by atoms with Gasteiger partial charge in [0.2, 0.25) is 0 Å². The summed E-state index contributed by atoms with van der Waals surface area (Å²) in [6.07, 6.45) is 1.57. The Morgan fingerprint density at radius 2 is 1.78 bits per heavy atom. The highest BCUT2D eigenvalue weighted by molar-refractivity contribution is 6.30. The van der Waals surface area contributed by atoms with Gasteiger partial charge >= 0.3 is 0 Å². The molecule has 0 aliphatic carbocycles. The molecule has 0 aliphatic heterocycles. The summed E-state index contributed by atoms with van der Waals surface area (Å²) in [5.41, 5.74) is 1.90. The molecule has 0 N–H and O–H groups in total. The number of halogens is 1. The number of rotatable bonds is 8. The summed E-state index contributed by atoms with van der Waals surface area (Å²) in [4.78, 5) is 14.8. The Morgan fingerprint density at radius 3 is 2.47 bits per heavy atom. The second-order valence-corrected chi connectivity index (χ2v) is 7.44. The number of carbonyl (C=O) groups excluding carboxylic acids is 1. The van der Waals surface area contributed by atoms with Gasteiger partial charge in [-0.15, -0.1) is 0 Å². The third-order valence-electron chi connectivity index (χ3n) is 4.89. The first-order valence-corrected chi connectivity index (χ1v) is 10.2. The number of nitrogens with zero attached hydrogens (tertiary/aromatic N) is 2. The van der Waals surface area contributed by atoms with Crippen molar-refractivity contribution in [2.75, 3.05) is 14.2 Å². The fraction of sp³-hybridized carbons (Fsp3) is 0.167. The minimum Gasteiger partial charge on any atom is -0.493 e. The average Bonchev–Trinajstić information content (AvgIpc) is 3.50. The van der Waals surface area contributed by atoms with E-state index in [-0.39, 0.29) is 19.0 Å². The number of benzene rings is 2. The second-order valence-electron chi connectivity index (χ2n) is 7.00. The van der Waals surface area contributed by atoms with Crippen LogP contribution in [0, 0.1) is 0 Å². The molecule has 0 saturated heterocycles. The summed E-state index contributed by atoms with van der Waals surface area (Å²) in [6, 6.07) is 17.6. The number of aromatic nitrogens is 1. The van der Waals surface area contributed by atoms with Crippen molar-refractivity contribution in [1.82, 2.24) is 10.1 Å². The van der Waals surface area contributed by atoms with Gasteiger partial charge in [0, 0.05) is 22.2 Å². The van der Waals surface area contributed by atoms with E-state index >= 15 is 0 Å². The highest BCUT2D eigenvalue weighted by Gasteiger charge is 2.20. The smallest absolute Gasteiger partial charge is 0.254 e. The predicted molar refractivity (Wildman–Crippen MR) is 119 cm³/mol. The van der Waals surface area contributed by atoms with Crippen LogP contribution in [0.1, 0.15) is 21.8 Å². The summed E-state index contributed by atoms with van der Waals surface area (Å²) in [5, 5.41) is 4.72. The Balaban J connectivity index is 1.58. The molecule has 2 heterocycles. The first-order valence-electron chi connectivity index (χ1n) is 9.82. The largest absolute Gasteiger partial charge is 0.493 e. The summed E-state index contributed by atoms with van der Waals surface area (Å²) in [5.74, 6) is 2.25. The Hall–Kier alpha value is -3.71. The topological polar surface area (TPSA) is 77.9 Å². The molecule has 0 aliphatic rings. The summed E-state index contributed by atoms with van der Waals surface area (Å²) in [6.45, 7) is 0.520. The molecule has 32 heavy (non-hydrogen) atoms. The molecule has 2 aromatic heterocycles. The lowest BCUT2D eigenvalue weighted by molar-refractivity contribution is 0.0714. The minimum atomic E-state index is -0.172. The van der Waals surface area contributed by atoms with Gasteiger partial charge in [-0.3, -0.25) is 4.79 Å². The fourth-order valence-electron chi connectivity index (χ4n) is 3.27. The van der Waals surface area contributed by atoms with Crippen LogP contribution in [0.5, 0.6) is 11.5 Å². The van der Waals surface area contributed by atoms with E-state index in [2.05, 4.69) is 5.16 Å². The third-order valence-corrected chi connectivity index (χ3v) is 5.14. The Bertz CT molecular complexity index is 1190. The van der Waals surface area contributed by atoms with E-state index in [1.54, 1.807) is 67.8 Å². The van der Waals surface area contributed by atoms with Crippen molar-refractivity contribution in [1.29, 1.82) is 0 Å². The van der Waals surface area contributed by atoms with Crippen molar-refractivity contribution < 1.29 is 23.2 Å². The van der Waals surface area contributed by atoms with Crippen molar-refractivity contribution >= 4 is 17.5 Å². The van der Waals surface area contributed by atoms with Gasteiger partial charge in [-0.25, -0.2) is 0 Å². The van der Waals surface area contributed by atoms with E-state index in [0.29, 0.717) is 39.3 Å². The maximum Gasteiger partial charge on any atom is 0.254 e. The maximum absolute atomic E-state index is 13.2. The number of hydrogen-bond acceptors (Lipinski definition) is 6. The molecule has 1 amide bonds. The molecular formula is C24H21ClN2O5. The molecule has 0 saturated carbocycles. The standard InChI is InChI=1S/C24H21ClN2O5/c1-29-21-10-7-17(12-23(21)30-2)22-13-19(26-32-22)14-27(15-20-4-3-11-31-20)24(28)16-5-8-18(25)9-6-16/h3-13H,14-15H2,1-2H3. The van der Waals surface area contributed by atoms with Crippen molar-refractivity contribution in [3.8, 4) is 22.8 Å². The van der Waals surface area contributed by atoms with Crippen LogP contribution in [0.4, 0.5) is 0 Å². The van der Waals surface area contributed by atoms with Gasteiger partial charge < -0.3 is 23.3 Å². The lowest BCUT2D eigenvalue weighted by Crippen LogP contribution is -2.30. The van der Waals surface area contributed by atoms with Gasteiger partial charge in [-0.1, -0.05) is 16.8 Å². The summed E-state index contributed by atoms with van der Waals surface area (Å²) >= 11 is 5.96. The summed E-state index contributed by atoms with van der Waals surface area (Å²) in [7, 11) is 3.15. The molecule has 0 fully saturated rings. The molecular weight excluding hydrogens is 432 g/mol. The van der Waals surface area contributed by atoms with Crippen molar-refractivity contribution in [2.24, 2.45) is 0 Å². The molecule has 4 aromatic rings. The zero-order valence-electron chi connectivity index (χ0n) is 17.6. The maximum atomic E-state index is 13.2. The van der Waals surface area contributed by atoms with Gasteiger partial charge in [-0.05, 0) is 54.6 Å². The van der Waals surface area contributed by atoms with E-state index in [0.717, 1.165) is 5.56 Å². The lowest BCUT2D eigenvalue weighted by atomic mass is 10.1. The fourth-order valence-corrected chi connectivity index (χ4v) is 3.40. The van der Waals surface area contributed by atoms with Crippen LogP contribution >= 0.6 is 11.6 Å². The van der Waals surface area contributed by atoms with Gasteiger partial charge in [0.25, 0.3) is 5.91 Å².